The number of halogens is 3. The summed E-state index contributed by atoms with van der Waals surface area (Å²) in [6.45, 7) is 3.72. The van der Waals surface area contributed by atoms with Gasteiger partial charge in [0.05, 0.1) is 10.2 Å². The topological polar surface area (TPSA) is 46.2 Å². The molecule has 1 N–H and O–H groups in total. The Hall–Kier alpha value is -0.270. The minimum Gasteiger partial charge on any atom is -0.279 e. The number of hydrogen-bond acceptors (Lipinski definition) is 3. The van der Waals surface area contributed by atoms with Crippen LogP contribution >= 0.6 is 50.5 Å². The van der Waals surface area contributed by atoms with Crippen molar-refractivity contribution in [3.05, 3.63) is 42.5 Å². The summed E-state index contributed by atoms with van der Waals surface area (Å²) in [6.07, 6.45) is 0. The second-order valence-corrected chi connectivity index (χ2v) is 8.85. The first-order valence-corrected chi connectivity index (χ1v) is 9.30. The number of sulfonamides is 1. The zero-order valence-electron chi connectivity index (χ0n) is 10.5. The fraction of sp³-hybridized carbons (Fsp3) is 0.167. The molecule has 0 aliphatic heterocycles. The van der Waals surface area contributed by atoms with Gasteiger partial charge in [-0.3, -0.25) is 4.72 Å². The number of rotatable bonds is 3. The number of aryl methyl sites for hydroxylation is 2. The van der Waals surface area contributed by atoms with Crippen molar-refractivity contribution in [2.45, 2.75) is 18.7 Å². The van der Waals surface area contributed by atoms with Crippen molar-refractivity contribution in [3.8, 4) is 0 Å². The van der Waals surface area contributed by atoms with E-state index in [0.29, 0.717) is 10.0 Å². The van der Waals surface area contributed by atoms with Crippen molar-refractivity contribution in [2.75, 3.05) is 4.72 Å². The Kier molecular flexibility index (Phi) is 4.71. The van der Waals surface area contributed by atoms with Crippen molar-refractivity contribution in [2.24, 2.45) is 0 Å². The van der Waals surface area contributed by atoms with Crippen LogP contribution in [0.2, 0.25) is 8.67 Å². The van der Waals surface area contributed by atoms with E-state index in [9.17, 15) is 8.42 Å². The lowest BCUT2D eigenvalue weighted by molar-refractivity contribution is 0.601. The van der Waals surface area contributed by atoms with Crippen LogP contribution in [0.3, 0.4) is 0 Å². The van der Waals surface area contributed by atoms with E-state index >= 15 is 0 Å². The summed E-state index contributed by atoms with van der Waals surface area (Å²) < 4.78 is 28.1. The third-order valence-corrected chi connectivity index (χ3v) is 7.47. The molecule has 0 aliphatic carbocycles. The fourth-order valence-electron chi connectivity index (χ4n) is 1.61. The van der Waals surface area contributed by atoms with Gasteiger partial charge in [-0.2, -0.15) is 0 Å². The highest BCUT2D eigenvalue weighted by Gasteiger charge is 2.26. The van der Waals surface area contributed by atoms with E-state index in [1.807, 2.05) is 26.0 Å². The molecule has 0 spiro atoms. The Morgan fingerprint density at radius 1 is 1.20 bits per heavy atom. The predicted octanol–water partition coefficient (Wildman–Crippen LogP) is 5.24. The van der Waals surface area contributed by atoms with E-state index in [0.717, 1.165) is 22.5 Å². The molecule has 0 radical (unpaired) electrons. The molecular weight excluding hydrogens is 405 g/mol. The number of hydrogen-bond donors (Lipinski definition) is 1. The molecule has 0 saturated carbocycles. The minimum atomic E-state index is -3.80. The summed E-state index contributed by atoms with van der Waals surface area (Å²) in [4.78, 5) is -0.0323. The lowest BCUT2D eigenvalue weighted by Gasteiger charge is -2.11. The van der Waals surface area contributed by atoms with Crippen LogP contribution in [0.25, 0.3) is 0 Å². The van der Waals surface area contributed by atoms with E-state index < -0.39 is 10.0 Å². The Morgan fingerprint density at radius 2 is 1.85 bits per heavy atom. The number of benzene rings is 1. The van der Waals surface area contributed by atoms with Crippen LogP contribution in [0.4, 0.5) is 5.69 Å². The molecule has 8 heteroatoms. The van der Waals surface area contributed by atoms with Gasteiger partial charge in [0, 0.05) is 0 Å². The zero-order valence-corrected chi connectivity index (χ0v) is 15.2. The van der Waals surface area contributed by atoms with E-state index in [1.165, 1.54) is 0 Å². The monoisotopic (exact) mass is 413 g/mol. The van der Waals surface area contributed by atoms with E-state index in [4.69, 9.17) is 23.2 Å². The third kappa shape index (κ3) is 3.14. The summed E-state index contributed by atoms with van der Waals surface area (Å²) >= 11 is 16.0. The molecule has 0 atom stereocenters. The van der Waals surface area contributed by atoms with E-state index in [-0.39, 0.29) is 13.7 Å². The van der Waals surface area contributed by atoms with Gasteiger partial charge < -0.3 is 0 Å². The number of anilines is 1. The normalized spacial score (nSPS) is 11.7. The van der Waals surface area contributed by atoms with Crippen LogP contribution < -0.4 is 4.72 Å². The highest BCUT2D eigenvalue weighted by molar-refractivity contribution is 9.10. The molecule has 1 heterocycles. The van der Waals surface area contributed by atoms with Gasteiger partial charge >= 0.3 is 0 Å². The minimum absolute atomic E-state index is 0.0323. The molecule has 3 nitrogen and oxygen atoms in total. The summed E-state index contributed by atoms with van der Waals surface area (Å²) in [6, 6.07) is 5.53. The first-order chi connectivity index (χ1) is 9.22. The second-order valence-electron chi connectivity index (χ2n) is 4.22. The Labute approximate surface area is 140 Å². The van der Waals surface area contributed by atoms with Crippen LogP contribution in [0.1, 0.15) is 11.1 Å². The van der Waals surface area contributed by atoms with Gasteiger partial charge in [0.25, 0.3) is 10.0 Å². The highest BCUT2D eigenvalue weighted by Crippen LogP contribution is 2.43. The molecular formula is C12H10BrCl2NO2S2. The molecule has 1 aromatic carbocycles. The Morgan fingerprint density at radius 3 is 2.40 bits per heavy atom. The average Bonchev–Trinajstić information content (AvgIpc) is 2.58. The molecule has 0 saturated heterocycles. The molecule has 0 unspecified atom stereocenters. The van der Waals surface area contributed by atoms with Gasteiger partial charge in [0.2, 0.25) is 0 Å². The largest absolute Gasteiger partial charge is 0.279 e. The maximum Gasteiger partial charge on any atom is 0.265 e. The van der Waals surface area contributed by atoms with Gasteiger partial charge in [-0.15, -0.1) is 11.3 Å². The first kappa shape index (κ1) is 16.1. The highest BCUT2D eigenvalue weighted by atomic mass is 79.9. The lowest BCUT2D eigenvalue weighted by atomic mass is 10.1. The van der Waals surface area contributed by atoms with Crippen molar-refractivity contribution in [1.82, 2.24) is 0 Å². The quantitative estimate of drug-likeness (QED) is 0.746. The van der Waals surface area contributed by atoms with Crippen LogP contribution in [-0.4, -0.2) is 8.42 Å². The molecule has 0 bridgehead atoms. The molecule has 20 heavy (non-hydrogen) atoms. The van der Waals surface area contributed by atoms with Crippen LogP contribution in [-0.2, 0) is 10.0 Å². The molecule has 0 aliphatic rings. The number of nitrogens with one attached hydrogen (secondary N) is 1. The summed E-state index contributed by atoms with van der Waals surface area (Å²) in [5.74, 6) is 0. The standard InChI is InChI=1S/C12H10BrCl2NO2S2/c1-6-3-4-7(2)8(5-6)16-20(17,18)10-9(13)11(14)19-12(10)15/h3-5,16H,1-2H3. The van der Waals surface area contributed by atoms with Gasteiger partial charge in [-0.05, 0) is 47.0 Å². The van der Waals surface area contributed by atoms with Crippen LogP contribution in [0.15, 0.2) is 27.6 Å². The Bertz CT molecular complexity index is 772. The fourth-order valence-corrected chi connectivity index (χ4v) is 6.29. The molecule has 1 aromatic heterocycles. The average molecular weight is 415 g/mol. The van der Waals surface area contributed by atoms with E-state index in [2.05, 4.69) is 20.7 Å². The van der Waals surface area contributed by atoms with Crippen molar-refractivity contribution >= 4 is 66.2 Å². The van der Waals surface area contributed by atoms with Gasteiger partial charge in [0.1, 0.15) is 13.6 Å². The van der Waals surface area contributed by atoms with Gasteiger partial charge in [0.15, 0.2) is 0 Å². The van der Waals surface area contributed by atoms with Crippen LogP contribution in [0, 0.1) is 13.8 Å². The predicted molar refractivity (Wildman–Crippen MR) is 88.8 cm³/mol. The molecule has 108 valence electrons. The smallest absolute Gasteiger partial charge is 0.265 e. The third-order valence-electron chi connectivity index (χ3n) is 2.64. The molecule has 2 aromatic rings. The molecule has 2 rings (SSSR count). The molecule has 0 fully saturated rings. The molecule has 0 amide bonds. The zero-order chi connectivity index (χ0) is 15.1. The van der Waals surface area contributed by atoms with Crippen molar-refractivity contribution < 1.29 is 8.42 Å². The van der Waals surface area contributed by atoms with E-state index in [1.54, 1.807) is 6.07 Å². The maximum absolute atomic E-state index is 12.4. The second kappa shape index (κ2) is 5.85. The summed E-state index contributed by atoms with van der Waals surface area (Å²) in [7, 11) is -3.80. The SMILES string of the molecule is Cc1ccc(C)c(NS(=O)(=O)c2c(Cl)sc(Cl)c2Br)c1. The van der Waals surface area contributed by atoms with Crippen molar-refractivity contribution in [3.63, 3.8) is 0 Å². The van der Waals surface area contributed by atoms with Crippen LogP contribution in [0.5, 0.6) is 0 Å². The lowest BCUT2D eigenvalue weighted by Crippen LogP contribution is -2.14. The van der Waals surface area contributed by atoms with Gasteiger partial charge in [-0.25, -0.2) is 8.42 Å². The summed E-state index contributed by atoms with van der Waals surface area (Å²) in [5, 5.41) is 0. The maximum atomic E-state index is 12.4. The van der Waals surface area contributed by atoms with Crippen molar-refractivity contribution in [1.29, 1.82) is 0 Å². The number of thiophene rings is 1. The summed E-state index contributed by atoms with van der Waals surface area (Å²) in [5.41, 5.74) is 2.31. The Balaban J connectivity index is 2.49. The first-order valence-electron chi connectivity index (χ1n) is 5.45. The van der Waals surface area contributed by atoms with Gasteiger partial charge in [-0.1, -0.05) is 35.3 Å².